The number of hydrogen-bond donors (Lipinski definition) is 1. The van der Waals surface area contributed by atoms with Gasteiger partial charge in [-0.1, -0.05) is 30.2 Å². The SMILES string of the molecule is CCCc1c(C(=O)O)nnn1Cc1c(C)nn(C)c1Cl. The summed E-state index contributed by atoms with van der Waals surface area (Å²) in [6, 6.07) is 0. The van der Waals surface area contributed by atoms with Crippen LogP contribution in [0.3, 0.4) is 0 Å². The summed E-state index contributed by atoms with van der Waals surface area (Å²) in [5.41, 5.74) is 2.24. The molecule has 20 heavy (non-hydrogen) atoms. The fourth-order valence-electron chi connectivity index (χ4n) is 2.11. The number of halogens is 1. The molecule has 0 bridgehead atoms. The Kier molecular flexibility index (Phi) is 4.08. The van der Waals surface area contributed by atoms with Crippen LogP contribution in [0.4, 0.5) is 0 Å². The van der Waals surface area contributed by atoms with Crippen LogP contribution in [0.5, 0.6) is 0 Å². The molecule has 0 spiro atoms. The molecule has 8 heteroatoms. The van der Waals surface area contributed by atoms with Crippen molar-refractivity contribution >= 4 is 17.6 Å². The number of carbonyl (C=O) groups is 1. The van der Waals surface area contributed by atoms with Gasteiger partial charge < -0.3 is 5.11 Å². The van der Waals surface area contributed by atoms with Crippen LogP contribution in [-0.4, -0.2) is 35.9 Å². The molecule has 0 radical (unpaired) electrons. The monoisotopic (exact) mass is 297 g/mol. The minimum absolute atomic E-state index is 0.00418. The standard InChI is InChI=1S/C12H16ClN5O2/c1-4-5-9-10(12(19)20)14-16-18(9)6-8-7(2)15-17(3)11(8)13/h4-6H2,1-3H3,(H,19,20). The van der Waals surface area contributed by atoms with Crippen LogP contribution in [0.1, 0.15) is 40.8 Å². The molecule has 2 heterocycles. The second-order valence-corrected chi connectivity index (χ2v) is 4.93. The van der Waals surface area contributed by atoms with Gasteiger partial charge in [-0.15, -0.1) is 5.10 Å². The average Bonchev–Trinajstić information content (AvgIpc) is 2.87. The van der Waals surface area contributed by atoms with Crippen LogP contribution >= 0.6 is 11.6 Å². The normalized spacial score (nSPS) is 11.0. The Balaban J connectivity index is 2.40. The summed E-state index contributed by atoms with van der Waals surface area (Å²) in [6.07, 6.45) is 1.42. The van der Waals surface area contributed by atoms with Gasteiger partial charge >= 0.3 is 5.97 Å². The van der Waals surface area contributed by atoms with Crippen molar-refractivity contribution in [1.29, 1.82) is 0 Å². The minimum atomic E-state index is -1.06. The molecule has 7 nitrogen and oxygen atoms in total. The third-order valence-electron chi connectivity index (χ3n) is 3.10. The van der Waals surface area contributed by atoms with Crippen LogP contribution in [0.15, 0.2) is 0 Å². The van der Waals surface area contributed by atoms with Gasteiger partial charge in [0.1, 0.15) is 5.15 Å². The van der Waals surface area contributed by atoms with Gasteiger partial charge in [0, 0.05) is 12.6 Å². The highest BCUT2D eigenvalue weighted by Crippen LogP contribution is 2.21. The van der Waals surface area contributed by atoms with Crippen molar-refractivity contribution in [3.8, 4) is 0 Å². The maximum atomic E-state index is 11.1. The van der Waals surface area contributed by atoms with E-state index in [1.165, 1.54) is 0 Å². The van der Waals surface area contributed by atoms with E-state index in [0.717, 1.165) is 17.7 Å². The van der Waals surface area contributed by atoms with E-state index in [9.17, 15) is 4.79 Å². The van der Waals surface area contributed by atoms with Crippen LogP contribution in [0, 0.1) is 6.92 Å². The zero-order chi connectivity index (χ0) is 14.9. The van der Waals surface area contributed by atoms with Crippen molar-refractivity contribution in [3.05, 3.63) is 27.8 Å². The summed E-state index contributed by atoms with van der Waals surface area (Å²) in [7, 11) is 1.76. The predicted octanol–water partition coefficient (Wildman–Crippen LogP) is 1.67. The Hall–Kier alpha value is -1.89. The highest BCUT2D eigenvalue weighted by atomic mass is 35.5. The van der Waals surface area contributed by atoms with Gasteiger partial charge in [0.25, 0.3) is 0 Å². The fourth-order valence-corrected chi connectivity index (χ4v) is 2.35. The summed E-state index contributed by atoms with van der Waals surface area (Å²) in [5, 5.41) is 21.6. The van der Waals surface area contributed by atoms with Crippen molar-refractivity contribution in [2.24, 2.45) is 7.05 Å². The number of carboxylic acids is 1. The molecule has 2 aromatic rings. The second kappa shape index (κ2) is 5.62. The van der Waals surface area contributed by atoms with E-state index in [1.54, 1.807) is 16.4 Å². The number of nitrogens with zero attached hydrogens (tertiary/aromatic N) is 5. The number of hydrogen-bond acceptors (Lipinski definition) is 4. The Labute approximate surface area is 121 Å². The topological polar surface area (TPSA) is 85.8 Å². The van der Waals surface area contributed by atoms with Gasteiger partial charge in [-0.3, -0.25) is 4.68 Å². The Morgan fingerprint density at radius 1 is 1.45 bits per heavy atom. The third kappa shape index (κ3) is 2.53. The molecule has 0 aliphatic carbocycles. The number of aryl methyl sites for hydroxylation is 2. The van der Waals surface area contributed by atoms with Crippen LogP contribution in [0.25, 0.3) is 0 Å². The molecule has 0 saturated heterocycles. The molecule has 1 N–H and O–H groups in total. The van der Waals surface area contributed by atoms with Crippen molar-refractivity contribution in [1.82, 2.24) is 24.8 Å². The Morgan fingerprint density at radius 3 is 2.65 bits per heavy atom. The zero-order valence-electron chi connectivity index (χ0n) is 11.6. The maximum Gasteiger partial charge on any atom is 0.358 e. The number of aromatic nitrogens is 5. The lowest BCUT2D eigenvalue weighted by Crippen LogP contribution is -2.10. The van der Waals surface area contributed by atoms with E-state index in [1.807, 2.05) is 13.8 Å². The van der Waals surface area contributed by atoms with Crippen molar-refractivity contribution in [2.45, 2.75) is 33.2 Å². The molecule has 0 fully saturated rings. The Morgan fingerprint density at radius 2 is 2.15 bits per heavy atom. The summed E-state index contributed by atoms with van der Waals surface area (Å²) in [6.45, 7) is 4.20. The van der Waals surface area contributed by atoms with Gasteiger partial charge in [0.15, 0.2) is 5.69 Å². The minimum Gasteiger partial charge on any atom is -0.476 e. The maximum absolute atomic E-state index is 11.1. The Bertz CT molecular complexity index is 647. The van der Waals surface area contributed by atoms with E-state index < -0.39 is 5.97 Å². The van der Waals surface area contributed by atoms with E-state index in [-0.39, 0.29) is 5.69 Å². The molecule has 0 unspecified atom stereocenters. The molecule has 108 valence electrons. The van der Waals surface area contributed by atoms with E-state index in [2.05, 4.69) is 15.4 Å². The lowest BCUT2D eigenvalue weighted by atomic mass is 10.2. The van der Waals surface area contributed by atoms with Crippen molar-refractivity contribution in [2.75, 3.05) is 0 Å². The second-order valence-electron chi connectivity index (χ2n) is 4.58. The molecule has 0 amide bonds. The lowest BCUT2D eigenvalue weighted by molar-refractivity contribution is 0.0689. The van der Waals surface area contributed by atoms with Crippen LogP contribution in [0.2, 0.25) is 5.15 Å². The quantitative estimate of drug-likeness (QED) is 0.907. The van der Waals surface area contributed by atoms with Crippen LogP contribution in [-0.2, 0) is 20.0 Å². The summed E-state index contributed by atoms with van der Waals surface area (Å²) < 4.78 is 3.17. The average molecular weight is 298 g/mol. The molecular weight excluding hydrogens is 282 g/mol. The highest BCUT2D eigenvalue weighted by Gasteiger charge is 2.20. The van der Waals surface area contributed by atoms with Gasteiger partial charge in [-0.05, 0) is 13.3 Å². The number of rotatable bonds is 5. The van der Waals surface area contributed by atoms with Crippen molar-refractivity contribution < 1.29 is 9.90 Å². The molecule has 0 aromatic carbocycles. The molecule has 0 aliphatic heterocycles. The molecule has 2 aromatic heterocycles. The fraction of sp³-hybridized carbons (Fsp3) is 0.500. The first-order valence-electron chi connectivity index (χ1n) is 6.29. The lowest BCUT2D eigenvalue weighted by Gasteiger charge is -2.06. The van der Waals surface area contributed by atoms with Gasteiger partial charge in [-0.2, -0.15) is 5.10 Å². The number of carboxylic acid groups (broad SMARTS) is 1. The van der Waals surface area contributed by atoms with Gasteiger partial charge in [-0.25, -0.2) is 9.48 Å². The molecule has 2 rings (SSSR count). The van der Waals surface area contributed by atoms with E-state index in [4.69, 9.17) is 16.7 Å². The highest BCUT2D eigenvalue weighted by molar-refractivity contribution is 6.30. The summed E-state index contributed by atoms with van der Waals surface area (Å²) >= 11 is 6.19. The number of aromatic carboxylic acids is 1. The molecular formula is C12H16ClN5O2. The first-order chi connectivity index (χ1) is 9.45. The van der Waals surface area contributed by atoms with Gasteiger partial charge in [0.2, 0.25) is 0 Å². The van der Waals surface area contributed by atoms with E-state index >= 15 is 0 Å². The van der Waals surface area contributed by atoms with Crippen LogP contribution < -0.4 is 0 Å². The smallest absolute Gasteiger partial charge is 0.358 e. The zero-order valence-corrected chi connectivity index (χ0v) is 12.3. The first-order valence-corrected chi connectivity index (χ1v) is 6.67. The molecule has 0 atom stereocenters. The third-order valence-corrected chi connectivity index (χ3v) is 3.58. The first kappa shape index (κ1) is 14.5. The van der Waals surface area contributed by atoms with E-state index in [0.29, 0.717) is 23.8 Å². The van der Waals surface area contributed by atoms with Gasteiger partial charge in [0.05, 0.1) is 17.9 Å². The molecule has 0 aliphatic rings. The largest absolute Gasteiger partial charge is 0.476 e. The summed E-state index contributed by atoms with van der Waals surface area (Å²) in [4.78, 5) is 11.1. The predicted molar refractivity (Wildman–Crippen MR) is 73.0 cm³/mol. The molecule has 0 saturated carbocycles. The van der Waals surface area contributed by atoms with Crippen molar-refractivity contribution in [3.63, 3.8) is 0 Å². The summed E-state index contributed by atoms with van der Waals surface area (Å²) in [5.74, 6) is -1.06.